The largest absolute Gasteiger partial charge is 0.413 e. The first kappa shape index (κ1) is 17.1. The van der Waals surface area contributed by atoms with Crippen molar-refractivity contribution in [1.29, 1.82) is 0 Å². The van der Waals surface area contributed by atoms with Crippen molar-refractivity contribution in [1.82, 2.24) is 10.2 Å². The molecule has 0 unspecified atom stereocenters. The Morgan fingerprint density at radius 2 is 1.60 bits per heavy atom. The number of hydrogen-bond donors (Lipinski definition) is 1. The number of rotatable bonds is 1. The second-order valence-corrected chi connectivity index (χ2v) is 6.32. The Bertz CT molecular complexity index is 621. The average Bonchev–Trinajstić information content (AvgIpc) is 2.60. The highest BCUT2D eigenvalue weighted by Gasteiger charge is 2.16. The molecule has 0 aliphatic rings. The van der Waals surface area contributed by atoms with E-state index in [9.17, 15) is 0 Å². The van der Waals surface area contributed by atoms with Crippen LogP contribution in [0.15, 0.2) is 12.1 Å². The summed E-state index contributed by atoms with van der Waals surface area (Å²) in [5.41, 5.74) is 3.61. The lowest BCUT2D eigenvalue weighted by Gasteiger charge is -2.17. The fourth-order valence-electron chi connectivity index (χ4n) is 1.73. The van der Waals surface area contributed by atoms with Gasteiger partial charge in [-0.1, -0.05) is 0 Å². The topological polar surface area (TPSA) is 125 Å². The van der Waals surface area contributed by atoms with Crippen LogP contribution in [-0.2, 0) is 0 Å². The van der Waals surface area contributed by atoms with E-state index in [1.54, 1.807) is 0 Å². The maximum Gasteiger partial charge on any atom is 0.413 e. The summed E-state index contributed by atoms with van der Waals surface area (Å²) in [4.78, 5) is 0. The second kappa shape index (κ2) is 6.68. The van der Waals surface area contributed by atoms with Crippen LogP contribution in [0, 0.1) is 35.0 Å². The van der Waals surface area contributed by atoms with Crippen molar-refractivity contribution >= 4 is 23.6 Å². The van der Waals surface area contributed by atoms with Crippen molar-refractivity contribution in [2.24, 2.45) is 0 Å². The summed E-state index contributed by atoms with van der Waals surface area (Å²) >= 11 is 6.52. The zero-order valence-electron chi connectivity index (χ0n) is 10.9. The van der Waals surface area contributed by atoms with E-state index in [1.807, 2.05) is 0 Å². The molecule has 0 spiro atoms. The first-order chi connectivity index (χ1) is 9.08. The van der Waals surface area contributed by atoms with Crippen molar-refractivity contribution in [3.8, 4) is 5.13 Å². The molecule has 7 nitrogen and oxygen atoms in total. The van der Waals surface area contributed by atoms with E-state index in [2.05, 4.69) is 47.7 Å². The van der Waals surface area contributed by atoms with Gasteiger partial charge in [-0.2, -0.15) is 9.67 Å². The molecule has 0 saturated heterocycles. The molecule has 1 N–H and O–H groups in total. The van der Waals surface area contributed by atoms with Gasteiger partial charge in [0, 0.05) is 0 Å². The highest BCUT2D eigenvalue weighted by molar-refractivity contribution is 7.73. The Balaban J connectivity index is 0.000000347. The number of hydrogen-bond acceptors (Lipinski definition) is 7. The molecular formula is C10H12ClN3O4S2. The van der Waals surface area contributed by atoms with Crippen molar-refractivity contribution < 1.29 is 33.4 Å². The molecule has 2 aromatic rings. The minimum absolute atomic E-state index is 0.705. The standard InChI is InChI=1S/C10H11N3S2.ClHO4/c1-6-4-7(2)13(8(3)5-6)9-11-12-10(14)15-9;2-1(3,4)5/h4-5H,1-3H3;(H,2,3,4,5). The number of aryl methyl sites for hydroxylation is 3. The minimum atomic E-state index is -4.94. The molecule has 0 radical (unpaired) electrons. The van der Waals surface area contributed by atoms with Crippen LogP contribution in [0.4, 0.5) is 0 Å². The number of aromatic amines is 1. The summed E-state index contributed by atoms with van der Waals surface area (Å²) in [6.45, 7) is 6.24. The van der Waals surface area contributed by atoms with Gasteiger partial charge in [-0.05, 0) is 62.0 Å². The van der Waals surface area contributed by atoms with Gasteiger partial charge in [-0.25, -0.2) is 18.6 Å². The molecule has 0 fully saturated rings. The van der Waals surface area contributed by atoms with Crippen molar-refractivity contribution in [2.45, 2.75) is 20.8 Å². The van der Waals surface area contributed by atoms with E-state index in [1.165, 1.54) is 28.3 Å². The summed E-state index contributed by atoms with van der Waals surface area (Å²) in [5, 5.41) is 7.89. The first-order valence-electron chi connectivity index (χ1n) is 5.25. The van der Waals surface area contributed by atoms with Gasteiger partial charge in [-0.3, -0.25) is 0 Å². The van der Waals surface area contributed by atoms with Gasteiger partial charge in [-0.15, -0.1) is 10.2 Å². The minimum Gasteiger partial charge on any atom is -0.222 e. The third kappa shape index (κ3) is 5.59. The lowest BCUT2D eigenvalue weighted by molar-refractivity contribution is -2.00. The smallest absolute Gasteiger partial charge is 0.222 e. The highest BCUT2D eigenvalue weighted by Crippen LogP contribution is 2.09. The zero-order chi connectivity index (χ0) is 15.5. The van der Waals surface area contributed by atoms with E-state index in [0.717, 1.165) is 5.13 Å². The molecule has 2 rings (SSSR count). The Morgan fingerprint density at radius 1 is 1.15 bits per heavy atom. The summed E-state index contributed by atoms with van der Waals surface area (Å²) < 4.78 is 36.8. The number of H-pyrrole nitrogens is 1. The van der Waals surface area contributed by atoms with Crippen molar-refractivity contribution in [3.05, 3.63) is 33.0 Å². The lowest BCUT2D eigenvalue weighted by Crippen LogP contribution is -2.68. The van der Waals surface area contributed by atoms with Crippen LogP contribution in [0.25, 0.3) is 5.13 Å². The van der Waals surface area contributed by atoms with E-state index >= 15 is 0 Å². The molecular weight excluding hydrogens is 326 g/mol. The zero-order valence-corrected chi connectivity index (χ0v) is 13.3. The predicted octanol–water partition coefficient (Wildman–Crippen LogP) is -2.35. The maximum absolute atomic E-state index is 8.49. The molecule has 0 aromatic carbocycles. The van der Waals surface area contributed by atoms with Crippen molar-refractivity contribution in [2.75, 3.05) is 0 Å². The number of nitrogens with zero attached hydrogens (tertiary/aromatic N) is 2. The molecule has 10 heteroatoms. The van der Waals surface area contributed by atoms with Gasteiger partial charge in [0.05, 0.1) is 5.10 Å². The number of pyridine rings is 1. The number of halogens is 1. The van der Waals surface area contributed by atoms with Crippen LogP contribution in [0.1, 0.15) is 17.0 Å². The van der Waals surface area contributed by atoms with Crippen LogP contribution >= 0.6 is 23.6 Å². The van der Waals surface area contributed by atoms with E-state index in [0.29, 0.717) is 3.95 Å². The predicted molar refractivity (Wildman–Crippen MR) is 63.0 cm³/mol. The number of aromatic nitrogens is 3. The van der Waals surface area contributed by atoms with Gasteiger partial charge >= 0.3 is 5.13 Å². The Labute approximate surface area is 126 Å². The Kier molecular flexibility index (Phi) is 5.71. The Hall–Kier alpha value is -0.940. The fourth-order valence-corrected chi connectivity index (χ4v) is 2.72. The van der Waals surface area contributed by atoms with Gasteiger partial charge < -0.3 is 0 Å². The highest BCUT2D eigenvalue weighted by atomic mass is 35.7. The normalized spacial score (nSPS) is 10.9. The quantitative estimate of drug-likeness (QED) is 0.458. The monoisotopic (exact) mass is 337 g/mol. The average molecular weight is 338 g/mol. The molecule has 0 bridgehead atoms. The SMILES string of the molecule is Cc1cc(C)[n+](-c2n[nH]c(=S)s2)c(C)c1.[O-][Cl+3]([O-])([O-])[O-]. The van der Waals surface area contributed by atoms with Gasteiger partial charge in [0.1, 0.15) is 11.4 Å². The van der Waals surface area contributed by atoms with Gasteiger partial charge in [0.2, 0.25) is 3.95 Å². The molecule has 110 valence electrons. The van der Waals surface area contributed by atoms with E-state index < -0.39 is 10.2 Å². The molecule has 0 atom stereocenters. The van der Waals surface area contributed by atoms with Crippen molar-refractivity contribution in [3.63, 3.8) is 0 Å². The van der Waals surface area contributed by atoms with Crippen LogP contribution in [-0.4, -0.2) is 10.2 Å². The summed E-state index contributed by atoms with van der Waals surface area (Å²) in [7, 11) is -4.94. The fraction of sp³-hybridized carbons (Fsp3) is 0.300. The van der Waals surface area contributed by atoms with Crippen LogP contribution in [0.5, 0.6) is 0 Å². The second-order valence-electron chi connectivity index (χ2n) is 3.92. The third-order valence-corrected chi connectivity index (χ3v) is 3.27. The van der Waals surface area contributed by atoms with E-state index in [4.69, 9.17) is 30.9 Å². The van der Waals surface area contributed by atoms with Crippen LogP contribution < -0.4 is 23.2 Å². The molecule has 20 heavy (non-hydrogen) atoms. The molecule has 2 aromatic heterocycles. The summed E-state index contributed by atoms with van der Waals surface area (Å²) in [6, 6.07) is 4.27. The van der Waals surface area contributed by atoms with Gasteiger partial charge in [0.25, 0.3) is 0 Å². The molecule has 0 aliphatic carbocycles. The molecule has 2 heterocycles. The maximum atomic E-state index is 8.49. The van der Waals surface area contributed by atoms with Crippen LogP contribution in [0.3, 0.4) is 0 Å². The summed E-state index contributed by atoms with van der Waals surface area (Å²) in [6.07, 6.45) is 0. The lowest BCUT2D eigenvalue weighted by atomic mass is 10.2. The van der Waals surface area contributed by atoms with E-state index in [-0.39, 0.29) is 0 Å². The summed E-state index contributed by atoms with van der Waals surface area (Å²) in [5.74, 6) is 0. The number of nitrogens with one attached hydrogen (secondary N) is 1. The molecule has 0 aliphatic heterocycles. The first-order valence-corrected chi connectivity index (χ1v) is 7.71. The van der Waals surface area contributed by atoms with Crippen LogP contribution in [0.2, 0.25) is 0 Å². The Morgan fingerprint density at radius 3 is 1.95 bits per heavy atom. The third-order valence-electron chi connectivity index (χ3n) is 2.20. The van der Waals surface area contributed by atoms with Gasteiger partial charge in [0.15, 0.2) is 0 Å². The molecule has 0 amide bonds. The molecule has 0 saturated carbocycles.